The molecular formula is C15H21F2NO2. The monoisotopic (exact) mass is 285 g/mol. The highest BCUT2D eigenvalue weighted by molar-refractivity contribution is 5.26. The predicted octanol–water partition coefficient (Wildman–Crippen LogP) is 2.81. The highest BCUT2D eigenvalue weighted by Gasteiger charge is 2.42. The predicted molar refractivity (Wildman–Crippen MR) is 72.6 cm³/mol. The molecule has 3 nitrogen and oxygen atoms in total. The van der Waals surface area contributed by atoms with E-state index in [1.807, 2.05) is 6.92 Å². The number of hydrogen-bond donors (Lipinski definition) is 1. The van der Waals surface area contributed by atoms with E-state index in [9.17, 15) is 8.78 Å². The Balaban J connectivity index is 2.41. The van der Waals surface area contributed by atoms with Crippen molar-refractivity contribution in [3.8, 4) is 0 Å². The maximum absolute atomic E-state index is 14.1. The Morgan fingerprint density at radius 2 is 2.05 bits per heavy atom. The molecule has 1 aliphatic heterocycles. The van der Waals surface area contributed by atoms with Crippen molar-refractivity contribution in [1.82, 2.24) is 5.32 Å². The Labute approximate surface area is 118 Å². The summed E-state index contributed by atoms with van der Waals surface area (Å²) in [5.41, 5.74) is -0.251. The molecule has 1 fully saturated rings. The number of likely N-dealkylation sites (N-methyl/N-ethyl adjacent to an activating group) is 1. The second-order valence-corrected chi connectivity index (χ2v) is 5.02. The fraction of sp³-hybridized carbons (Fsp3) is 0.600. The summed E-state index contributed by atoms with van der Waals surface area (Å²) < 4.78 is 38.7. The molecule has 0 spiro atoms. The molecule has 1 atom stereocenters. The maximum atomic E-state index is 14.1. The van der Waals surface area contributed by atoms with Crippen molar-refractivity contribution in [1.29, 1.82) is 0 Å². The average molecular weight is 285 g/mol. The van der Waals surface area contributed by atoms with E-state index < -0.39 is 23.3 Å². The molecule has 112 valence electrons. The summed E-state index contributed by atoms with van der Waals surface area (Å²) in [4.78, 5) is 0. The summed E-state index contributed by atoms with van der Waals surface area (Å²) in [7, 11) is 1.62. The molecule has 1 aromatic rings. The first-order chi connectivity index (χ1) is 9.64. The van der Waals surface area contributed by atoms with E-state index in [0.29, 0.717) is 38.2 Å². The Morgan fingerprint density at radius 3 is 2.65 bits per heavy atom. The van der Waals surface area contributed by atoms with E-state index in [4.69, 9.17) is 9.47 Å². The Bertz CT molecular complexity index is 447. The lowest BCUT2D eigenvalue weighted by Gasteiger charge is -2.43. The fourth-order valence-corrected chi connectivity index (χ4v) is 2.85. The van der Waals surface area contributed by atoms with Crippen LogP contribution >= 0.6 is 0 Å². The molecule has 1 aliphatic rings. The number of benzene rings is 1. The third kappa shape index (κ3) is 2.85. The maximum Gasteiger partial charge on any atom is 0.163 e. The Morgan fingerprint density at radius 1 is 1.35 bits per heavy atom. The average Bonchev–Trinajstić information content (AvgIpc) is 2.49. The quantitative estimate of drug-likeness (QED) is 0.902. The summed E-state index contributed by atoms with van der Waals surface area (Å²) in [5, 5.41) is 3.24. The van der Waals surface area contributed by atoms with E-state index in [0.717, 1.165) is 6.07 Å². The smallest absolute Gasteiger partial charge is 0.163 e. The number of nitrogens with one attached hydrogen (secondary N) is 1. The lowest BCUT2D eigenvalue weighted by Crippen LogP contribution is -2.49. The zero-order chi connectivity index (χ0) is 14.6. The van der Waals surface area contributed by atoms with Gasteiger partial charge >= 0.3 is 0 Å². The third-order valence-corrected chi connectivity index (χ3v) is 3.97. The van der Waals surface area contributed by atoms with Gasteiger partial charge in [-0.25, -0.2) is 8.78 Å². The summed E-state index contributed by atoms with van der Waals surface area (Å²) in [6.45, 7) is 3.71. The van der Waals surface area contributed by atoms with Crippen LogP contribution in [-0.2, 0) is 9.47 Å². The van der Waals surface area contributed by atoms with Crippen molar-refractivity contribution in [2.45, 2.75) is 31.4 Å². The van der Waals surface area contributed by atoms with Crippen LogP contribution in [0.2, 0.25) is 0 Å². The van der Waals surface area contributed by atoms with Gasteiger partial charge in [-0.15, -0.1) is 0 Å². The molecule has 1 saturated heterocycles. The van der Waals surface area contributed by atoms with Gasteiger partial charge in [-0.3, -0.25) is 0 Å². The topological polar surface area (TPSA) is 30.5 Å². The van der Waals surface area contributed by atoms with Gasteiger partial charge in [0.15, 0.2) is 11.6 Å². The highest BCUT2D eigenvalue weighted by Crippen LogP contribution is 2.38. The van der Waals surface area contributed by atoms with Crippen LogP contribution in [0.25, 0.3) is 0 Å². The van der Waals surface area contributed by atoms with Crippen molar-refractivity contribution in [3.05, 3.63) is 35.4 Å². The molecule has 1 heterocycles. The summed E-state index contributed by atoms with van der Waals surface area (Å²) in [5.74, 6) is -1.63. The fourth-order valence-electron chi connectivity index (χ4n) is 2.85. The van der Waals surface area contributed by atoms with Crippen LogP contribution in [0.15, 0.2) is 18.2 Å². The minimum Gasteiger partial charge on any atom is -0.381 e. The van der Waals surface area contributed by atoms with Crippen LogP contribution in [0.3, 0.4) is 0 Å². The minimum atomic E-state index is -0.830. The van der Waals surface area contributed by atoms with Crippen molar-refractivity contribution >= 4 is 0 Å². The van der Waals surface area contributed by atoms with E-state index >= 15 is 0 Å². The number of hydrogen-bond acceptors (Lipinski definition) is 3. The van der Waals surface area contributed by atoms with E-state index in [-0.39, 0.29) is 0 Å². The van der Waals surface area contributed by atoms with Gasteiger partial charge in [-0.1, -0.05) is 19.1 Å². The Hall–Kier alpha value is -1.04. The molecule has 0 amide bonds. The zero-order valence-corrected chi connectivity index (χ0v) is 11.9. The van der Waals surface area contributed by atoms with E-state index in [1.54, 1.807) is 13.2 Å². The van der Waals surface area contributed by atoms with Crippen molar-refractivity contribution in [2.75, 3.05) is 26.9 Å². The summed E-state index contributed by atoms with van der Waals surface area (Å²) in [6, 6.07) is 3.88. The molecule has 1 N–H and O–H groups in total. The number of ether oxygens (including phenoxy) is 2. The van der Waals surface area contributed by atoms with Gasteiger partial charge in [0, 0.05) is 38.7 Å². The molecule has 0 aliphatic carbocycles. The van der Waals surface area contributed by atoms with Crippen molar-refractivity contribution in [3.63, 3.8) is 0 Å². The molecular weight excluding hydrogens is 264 g/mol. The molecule has 0 aromatic heterocycles. The van der Waals surface area contributed by atoms with Gasteiger partial charge in [-0.2, -0.15) is 0 Å². The second kappa shape index (κ2) is 6.61. The van der Waals surface area contributed by atoms with E-state index in [1.165, 1.54) is 6.07 Å². The van der Waals surface area contributed by atoms with Crippen LogP contribution in [-0.4, -0.2) is 32.5 Å². The SMILES string of the molecule is CCNC(c1cccc(F)c1F)C1(OC)CCOCC1. The standard InChI is InChI=1S/C15H21F2NO2/c1-3-18-14(11-5-4-6-12(16)13(11)17)15(19-2)7-9-20-10-8-15/h4-6,14,18H,3,7-10H2,1-2H3. The van der Waals surface area contributed by atoms with Gasteiger partial charge in [0.1, 0.15) is 0 Å². The third-order valence-electron chi connectivity index (χ3n) is 3.97. The molecule has 0 bridgehead atoms. The van der Waals surface area contributed by atoms with Crippen molar-refractivity contribution in [2.24, 2.45) is 0 Å². The lowest BCUT2D eigenvalue weighted by atomic mass is 9.81. The van der Waals surface area contributed by atoms with Crippen LogP contribution in [0.1, 0.15) is 31.4 Å². The summed E-state index contributed by atoms with van der Waals surface area (Å²) >= 11 is 0. The largest absolute Gasteiger partial charge is 0.381 e. The molecule has 5 heteroatoms. The molecule has 0 saturated carbocycles. The molecule has 1 unspecified atom stereocenters. The number of methoxy groups -OCH3 is 1. The number of halogens is 2. The van der Waals surface area contributed by atoms with Gasteiger partial charge in [0.25, 0.3) is 0 Å². The molecule has 20 heavy (non-hydrogen) atoms. The van der Waals surface area contributed by atoms with Gasteiger partial charge < -0.3 is 14.8 Å². The van der Waals surface area contributed by atoms with Gasteiger partial charge in [0.2, 0.25) is 0 Å². The van der Waals surface area contributed by atoms with E-state index in [2.05, 4.69) is 5.32 Å². The lowest BCUT2D eigenvalue weighted by molar-refractivity contribution is -0.112. The van der Waals surface area contributed by atoms with Crippen molar-refractivity contribution < 1.29 is 18.3 Å². The molecule has 0 radical (unpaired) electrons. The van der Waals surface area contributed by atoms with Crippen LogP contribution in [0.4, 0.5) is 8.78 Å². The summed E-state index contributed by atoms with van der Waals surface area (Å²) in [6.07, 6.45) is 1.30. The van der Waals surface area contributed by atoms with Crippen LogP contribution < -0.4 is 5.32 Å². The molecule has 1 aromatic carbocycles. The van der Waals surface area contributed by atoms with Crippen LogP contribution in [0, 0.1) is 11.6 Å². The highest BCUT2D eigenvalue weighted by atomic mass is 19.2. The first-order valence-corrected chi connectivity index (χ1v) is 6.95. The van der Waals surface area contributed by atoms with Gasteiger partial charge in [-0.05, 0) is 12.6 Å². The number of rotatable bonds is 5. The first kappa shape index (κ1) is 15.4. The first-order valence-electron chi connectivity index (χ1n) is 6.95. The second-order valence-electron chi connectivity index (χ2n) is 5.02. The Kier molecular flexibility index (Phi) is 5.07. The minimum absolute atomic E-state index is 0.315. The normalized spacial score (nSPS) is 19.8. The van der Waals surface area contributed by atoms with Crippen LogP contribution in [0.5, 0.6) is 0 Å². The zero-order valence-electron chi connectivity index (χ0n) is 11.9. The molecule has 2 rings (SSSR count). The van der Waals surface area contributed by atoms with Gasteiger partial charge in [0.05, 0.1) is 11.6 Å².